The number of hydrogen-bond acceptors (Lipinski definition) is 7. The number of allylic oxidation sites excluding steroid dienone is 7. The Kier molecular flexibility index (Phi) is 50.9. The fourth-order valence-electron chi connectivity index (χ4n) is 8.83. The van der Waals surface area contributed by atoms with Crippen LogP contribution in [0.2, 0.25) is 0 Å². The van der Waals surface area contributed by atoms with Crippen LogP contribution in [0.3, 0.4) is 0 Å². The molecule has 0 aliphatic rings. The number of hydrogen-bond donors (Lipinski definition) is 1. The quantitative estimate of drug-likeness (QED) is 0.0212. The van der Waals surface area contributed by atoms with Crippen molar-refractivity contribution in [1.82, 2.24) is 5.32 Å². The maximum atomic E-state index is 13.5. The second-order valence-electron chi connectivity index (χ2n) is 21.8. The van der Waals surface area contributed by atoms with Crippen molar-refractivity contribution in [3.63, 3.8) is 0 Å². The van der Waals surface area contributed by atoms with E-state index in [4.69, 9.17) is 13.8 Å². The standard InChI is InChI=1S/C62H117N2O7P/c1-7-10-13-16-19-22-25-27-29-31-32-33-35-37-40-43-46-49-52-55-62(66)71-60(53-50-47-44-41-38-24-21-18-15-12-9-3)59(58-70-72(67,68)69-57-56-64(4,5)6)63-61(65)54-51-48-45-42-39-36-34-30-28-26-23-20-17-14-11-8-2/h11,14,20,23,28,30,50,53,59-60H,7-10,12-13,15-19,21-22,24-27,29,31-49,51-52,54-58H2,1-6H3,(H-,63,65,67,68)/b14-11+,23-20+,30-28+,53-50+. The van der Waals surface area contributed by atoms with E-state index in [-0.39, 0.29) is 24.9 Å². The second kappa shape index (κ2) is 52.4. The monoisotopic (exact) mass is 1030 g/mol. The van der Waals surface area contributed by atoms with Crippen molar-refractivity contribution in [2.45, 2.75) is 296 Å². The third kappa shape index (κ3) is 52.8. The number of quaternary nitrogens is 1. The van der Waals surface area contributed by atoms with Crippen LogP contribution in [0, 0.1) is 0 Å². The Morgan fingerprint density at radius 2 is 0.889 bits per heavy atom. The molecule has 0 aromatic heterocycles. The predicted molar refractivity (Wildman–Crippen MR) is 307 cm³/mol. The highest BCUT2D eigenvalue weighted by Crippen LogP contribution is 2.38. The van der Waals surface area contributed by atoms with Gasteiger partial charge in [-0.2, -0.15) is 0 Å². The lowest BCUT2D eigenvalue weighted by atomic mass is 10.0. The van der Waals surface area contributed by atoms with E-state index in [1.54, 1.807) is 0 Å². The van der Waals surface area contributed by atoms with Crippen molar-refractivity contribution in [1.29, 1.82) is 0 Å². The van der Waals surface area contributed by atoms with E-state index >= 15 is 0 Å². The van der Waals surface area contributed by atoms with Crippen LogP contribution in [0.1, 0.15) is 284 Å². The number of unbranched alkanes of at least 4 members (excludes halogenated alkanes) is 33. The normalized spacial score (nSPS) is 14.0. The molecule has 0 rings (SSSR count). The molecule has 0 aliphatic heterocycles. The van der Waals surface area contributed by atoms with Crippen LogP contribution >= 0.6 is 7.82 Å². The number of ether oxygens (including phenoxy) is 1. The fourth-order valence-corrected chi connectivity index (χ4v) is 9.55. The van der Waals surface area contributed by atoms with Crippen molar-refractivity contribution in [2.24, 2.45) is 0 Å². The molecule has 1 amide bonds. The second-order valence-corrected chi connectivity index (χ2v) is 23.2. The Labute approximate surface area is 446 Å². The van der Waals surface area contributed by atoms with Crippen LogP contribution in [0.4, 0.5) is 0 Å². The Balaban J connectivity index is 5.22. The Bertz CT molecular complexity index is 1380. The molecule has 0 fully saturated rings. The third-order valence-corrected chi connectivity index (χ3v) is 14.5. The van der Waals surface area contributed by atoms with Gasteiger partial charge in [-0.25, -0.2) is 0 Å². The van der Waals surface area contributed by atoms with Crippen molar-refractivity contribution in [3.05, 3.63) is 48.6 Å². The van der Waals surface area contributed by atoms with E-state index in [9.17, 15) is 19.0 Å². The first kappa shape index (κ1) is 70.0. The highest BCUT2D eigenvalue weighted by atomic mass is 31.2. The Hall–Kier alpha value is -2.03. The van der Waals surface area contributed by atoms with Gasteiger partial charge in [0.1, 0.15) is 19.3 Å². The van der Waals surface area contributed by atoms with Crippen molar-refractivity contribution in [2.75, 3.05) is 40.9 Å². The van der Waals surface area contributed by atoms with Gasteiger partial charge in [0.2, 0.25) is 5.91 Å². The lowest BCUT2D eigenvalue weighted by molar-refractivity contribution is -0.870. The molecule has 0 aromatic rings. The molecular weight excluding hydrogens is 916 g/mol. The highest BCUT2D eigenvalue weighted by molar-refractivity contribution is 7.45. The summed E-state index contributed by atoms with van der Waals surface area (Å²) < 4.78 is 30.3. The summed E-state index contributed by atoms with van der Waals surface area (Å²) in [5.74, 6) is -0.547. The molecule has 1 N–H and O–H groups in total. The number of phosphoric acid groups is 1. The molecular formula is C62H117N2O7P. The van der Waals surface area contributed by atoms with E-state index in [0.717, 1.165) is 103 Å². The van der Waals surface area contributed by atoms with Crippen LogP contribution < -0.4 is 10.2 Å². The number of carbonyl (C=O) groups is 2. The molecule has 0 aliphatic carbocycles. The fraction of sp³-hybridized carbons (Fsp3) is 0.839. The molecule has 72 heavy (non-hydrogen) atoms. The summed E-state index contributed by atoms with van der Waals surface area (Å²) in [6, 6.07) is -0.892. The number of carbonyl (C=O) groups excluding carboxylic acids is 2. The number of nitrogens with zero attached hydrogens (tertiary/aromatic N) is 1. The molecule has 0 saturated heterocycles. The van der Waals surface area contributed by atoms with Crippen LogP contribution in [0.15, 0.2) is 48.6 Å². The maximum absolute atomic E-state index is 13.5. The molecule has 0 bridgehead atoms. The maximum Gasteiger partial charge on any atom is 0.306 e. The van der Waals surface area contributed by atoms with Gasteiger partial charge in [-0.1, -0.05) is 256 Å². The van der Waals surface area contributed by atoms with Gasteiger partial charge in [0, 0.05) is 12.8 Å². The number of rotatable bonds is 55. The van der Waals surface area contributed by atoms with Crippen LogP contribution in [0.25, 0.3) is 0 Å². The highest BCUT2D eigenvalue weighted by Gasteiger charge is 2.27. The molecule has 9 nitrogen and oxygen atoms in total. The van der Waals surface area contributed by atoms with Crippen LogP contribution in [-0.4, -0.2) is 69.4 Å². The van der Waals surface area contributed by atoms with Crippen molar-refractivity contribution >= 4 is 19.7 Å². The lowest BCUT2D eigenvalue weighted by Gasteiger charge is -2.30. The van der Waals surface area contributed by atoms with Gasteiger partial charge in [-0.15, -0.1) is 0 Å². The minimum atomic E-state index is -4.70. The van der Waals surface area contributed by atoms with E-state index in [1.165, 1.54) is 148 Å². The molecule has 0 radical (unpaired) electrons. The zero-order chi connectivity index (χ0) is 52.9. The largest absolute Gasteiger partial charge is 0.756 e. The SMILES string of the molecule is CC/C=C/C/C=C/C/C=C/CCCCCCCCC(=O)NC(COP(=O)([O-])OCC[N+](C)(C)C)C(/C=C/CCCCCCCCCCC)OC(=O)CCCCCCCCCCCCCCCCCCCCC. The smallest absolute Gasteiger partial charge is 0.306 e. The summed E-state index contributed by atoms with van der Waals surface area (Å²) in [6.07, 6.45) is 63.6. The first-order chi connectivity index (χ1) is 34.9. The molecule has 10 heteroatoms. The van der Waals surface area contributed by atoms with E-state index in [1.807, 2.05) is 33.3 Å². The first-order valence-electron chi connectivity index (χ1n) is 30.4. The predicted octanol–water partition coefficient (Wildman–Crippen LogP) is 17.9. The molecule has 0 saturated carbocycles. The number of likely N-dealkylation sites (N-methyl/N-ethyl adjacent to an activating group) is 1. The van der Waals surface area contributed by atoms with Gasteiger partial charge in [0.15, 0.2) is 0 Å². The average molecular weight is 1030 g/mol. The third-order valence-electron chi connectivity index (χ3n) is 13.5. The van der Waals surface area contributed by atoms with Crippen LogP contribution in [-0.2, 0) is 27.9 Å². The molecule has 422 valence electrons. The van der Waals surface area contributed by atoms with Gasteiger partial charge in [-0.3, -0.25) is 14.2 Å². The number of esters is 1. The summed E-state index contributed by atoms with van der Waals surface area (Å²) in [5, 5.41) is 3.02. The van der Waals surface area contributed by atoms with Crippen molar-refractivity contribution in [3.8, 4) is 0 Å². The first-order valence-corrected chi connectivity index (χ1v) is 31.9. The molecule has 0 spiro atoms. The zero-order valence-corrected chi connectivity index (χ0v) is 49.0. The Morgan fingerprint density at radius 3 is 1.33 bits per heavy atom. The lowest BCUT2D eigenvalue weighted by Crippen LogP contribution is -2.47. The van der Waals surface area contributed by atoms with Gasteiger partial charge in [-0.05, 0) is 63.9 Å². The van der Waals surface area contributed by atoms with Gasteiger partial charge in [0.25, 0.3) is 7.82 Å². The summed E-state index contributed by atoms with van der Waals surface area (Å²) in [4.78, 5) is 39.9. The minimum absolute atomic E-state index is 0.0243. The number of phosphoric ester groups is 1. The Morgan fingerprint density at radius 1 is 0.500 bits per heavy atom. The average Bonchev–Trinajstić information content (AvgIpc) is 3.34. The summed E-state index contributed by atoms with van der Waals surface area (Å²) in [5.41, 5.74) is 0. The molecule has 3 atom stereocenters. The zero-order valence-electron chi connectivity index (χ0n) is 48.1. The number of amides is 1. The van der Waals surface area contributed by atoms with Gasteiger partial charge < -0.3 is 28.5 Å². The van der Waals surface area contributed by atoms with E-state index in [0.29, 0.717) is 17.4 Å². The van der Waals surface area contributed by atoms with Gasteiger partial charge >= 0.3 is 5.97 Å². The molecule has 3 unspecified atom stereocenters. The topological polar surface area (TPSA) is 114 Å². The van der Waals surface area contributed by atoms with E-state index < -0.39 is 26.6 Å². The minimum Gasteiger partial charge on any atom is -0.756 e. The summed E-state index contributed by atoms with van der Waals surface area (Å²) in [7, 11) is 1.18. The van der Waals surface area contributed by atoms with Crippen molar-refractivity contribution < 1.29 is 37.3 Å². The summed E-state index contributed by atoms with van der Waals surface area (Å²) in [6.45, 7) is 6.74. The summed E-state index contributed by atoms with van der Waals surface area (Å²) >= 11 is 0. The number of nitrogens with one attached hydrogen (secondary N) is 1. The molecule has 0 heterocycles. The van der Waals surface area contributed by atoms with Crippen LogP contribution in [0.5, 0.6) is 0 Å². The molecule has 0 aromatic carbocycles. The van der Waals surface area contributed by atoms with Gasteiger partial charge in [0.05, 0.1) is 33.8 Å². The van der Waals surface area contributed by atoms with E-state index in [2.05, 4.69) is 62.5 Å².